The van der Waals surface area contributed by atoms with E-state index in [1.807, 2.05) is 0 Å². The molecule has 5 nitrogen and oxygen atoms in total. The highest BCUT2D eigenvalue weighted by Crippen LogP contribution is 2.39. The number of hydrogen-bond donors (Lipinski definition) is 1. The Morgan fingerprint density at radius 2 is 1.79 bits per heavy atom. The zero-order valence-electron chi connectivity index (χ0n) is 16.7. The topological polar surface area (TPSA) is 72.2 Å². The lowest BCUT2D eigenvalue weighted by Crippen LogP contribution is -2.19. The summed E-state index contributed by atoms with van der Waals surface area (Å²) < 4.78 is 68.3. The Hall–Kier alpha value is -2.59. The number of fused-ring (bicyclic) bond motifs is 1. The number of hydrogen-bond acceptors (Lipinski definition) is 4. The van der Waals surface area contributed by atoms with Crippen molar-refractivity contribution in [1.29, 1.82) is 0 Å². The summed E-state index contributed by atoms with van der Waals surface area (Å²) in [4.78, 5) is 3.39. The van der Waals surface area contributed by atoms with Crippen molar-refractivity contribution >= 4 is 44.1 Å². The Bertz CT molecular complexity index is 1450. The Kier molecular flexibility index (Phi) is 5.94. The van der Waals surface area contributed by atoms with Gasteiger partial charge in [0.25, 0.3) is 10.0 Å². The number of rotatable bonds is 4. The standard InChI is InChI=1S/C22H14Cl2F3N2O3S/c1-12-14-10-18(21(30)20-15(23)8-5-9-16(20)24)29(17(14)11-19(28-12)22(25,26)27)33(31,32)13-6-3-2-4-7-13/h2-8,10-11,21,30H,1H3. The third kappa shape index (κ3) is 4.10. The van der Waals surface area contributed by atoms with Crippen LogP contribution in [0, 0.1) is 13.0 Å². The maximum Gasteiger partial charge on any atom is 0.433 e. The van der Waals surface area contributed by atoms with Crippen LogP contribution in [0.1, 0.15) is 28.7 Å². The summed E-state index contributed by atoms with van der Waals surface area (Å²) in [5.74, 6) is 0. The van der Waals surface area contributed by atoms with Gasteiger partial charge in [-0.05, 0) is 37.3 Å². The highest BCUT2D eigenvalue weighted by molar-refractivity contribution is 7.90. The van der Waals surface area contributed by atoms with E-state index in [9.17, 15) is 26.7 Å². The third-order valence-corrected chi connectivity index (χ3v) is 7.43. The molecule has 1 atom stereocenters. The van der Waals surface area contributed by atoms with Crippen LogP contribution < -0.4 is 0 Å². The zero-order chi connectivity index (χ0) is 24.1. The summed E-state index contributed by atoms with van der Waals surface area (Å²) in [5.41, 5.74) is -1.90. The maximum atomic E-state index is 13.6. The van der Waals surface area contributed by atoms with Crippen LogP contribution in [0.3, 0.4) is 0 Å². The third-order valence-electron chi connectivity index (χ3n) is 5.03. The maximum absolute atomic E-state index is 13.6. The predicted octanol–water partition coefficient (Wildman–Crippen LogP) is 5.79. The second kappa shape index (κ2) is 8.32. The molecule has 2 heterocycles. The molecule has 0 bridgehead atoms. The highest BCUT2D eigenvalue weighted by atomic mass is 35.5. The quantitative estimate of drug-likeness (QED) is 0.374. The average Bonchev–Trinajstić information content (AvgIpc) is 3.14. The summed E-state index contributed by atoms with van der Waals surface area (Å²) in [6.45, 7) is 1.32. The number of aliphatic hydroxyl groups excluding tert-OH is 1. The van der Waals surface area contributed by atoms with Crippen molar-refractivity contribution < 1.29 is 26.7 Å². The summed E-state index contributed by atoms with van der Waals surface area (Å²) in [5, 5.41) is 11.2. The van der Waals surface area contributed by atoms with Gasteiger partial charge in [0.05, 0.1) is 21.1 Å². The van der Waals surface area contributed by atoms with Crippen LogP contribution in [-0.2, 0) is 16.2 Å². The van der Waals surface area contributed by atoms with Crippen molar-refractivity contribution in [2.24, 2.45) is 0 Å². The van der Waals surface area contributed by atoms with Gasteiger partial charge >= 0.3 is 6.18 Å². The molecule has 1 N–H and O–H groups in total. The number of pyridine rings is 1. The van der Waals surface area contributed by atoms with Crippen LogP contribution in [0.25, 0.3) is 10.9 Å². The van der Waals surface area contributed by atoms with Gasteiger partial charge in [-0.2, -0.15) is 13.2 Å². The molecule has 0 aliphatic heterocycles. The number of halogens is 5. The smallest absolute Gasteiger partial charge is 0.382 e. The number of aromatic nitrogens is 2. The molecule has 0 saturated heterocycles. The lowest BCUT2D eigenvalue weighted by atomic mass is 10.1. The molecule has 0 saturated carbocycles. The zero-order valence-corrected chi connectivity index (χ0v) is 19.1. The van der Waals surface area contributed by atoms with Crippen LogP contribution in [-0.4, -0.2) is 22.5 Å². The number of aliphatic hydroxyl groups is 1. The monoisotopic (exact) mass is 513 g/mol. The molecule has 171 valence electrons. The van der Waals surface area contributed by atoms with E-state index in [1.54, 1.807) is 6.07 Å². The summed E-state index contributed by atoms with van der Waals surface area (Å²) >= 11 is 12.3. The van der Waals surface area contributed by atoms with Gasteiger partial charge in [-0.15, -0.1) is 0 Å². The second-order valence-corrected chi connectivity index (χ2v) is 9.70. The Morgan fingerprint density at radius 3 is 2.39 bits per heavy atom. The van der Waals surface area contributed by atoms with Crippen molar-refractivity contribution in [3.63, 3.8) is 0 Å². The van der Waals surface area contributed by atoms with E-state index < -0.39 is 28.0 Å². The fraction of sp³-hybridized carbons (Fsp3) is 0.136. The molecule has 11 heteroatoms. The van der Waals surface area contributed by atoms with Gasteiger partial charge in [0.1, 0.15) is 11.8 Å². The predicted molar refractivity (Wildman–Crippen MR) is 118 cm³/mol. The van der Waals surface area contributed by atoms with Crippen LogP contribution in [0.5, 0.6) is 0 Å². The molecule has 1 radical (unpaired) electrons. The van der Waals surface area contributed by atoms with Crippen molar-refractivity contribution in [3.05, 3.63) is 93.4 Å². The van der Waals surface area contributed by atoms with E-state index in [2.05, 4.69) is 11.1 Å². The Balaban J connectivity index is 2.11. The average molecular weight is 514 g/mol. The number of aryl methyl sites for hydroxylation is 1. The van der Waals surface area contributed by atoms with E-state index in [0.29, 0.717) is 10.0 Å². The van der Waals surface area contributed by atoms with E-state index in [4.69, 9.17) is 23.2 Å². The fourth-order valence-corrected chi connectivity index (χ4v) is 5.65. The van der Waals surface area contributed by atoms with E-state index in [-0.39, 0.29) is 42.8 Å². The minimum atomic E-state index is -4.82. The highest BCUT2D eigenvalue weighted by Gasteiger charge is 2.36. The van der Waals surface area contributed by atoms with Gasteiger partial charge in [0.2, 0.25) is 0 Å². The Morgan fingerprint density at radius 1 is 1.12 bits per heavy atom. The molecule has 33 heavy (non-hydrogen) atoms. The molecular weight excluding hydrogens is 500 g/mol. The molecule has 2 aromatic carbocycles. The van der Waals surface area contributed by atoms with Gasteiger partial charge in [-0.1, -0.05) is 47.5 Å². The molecule has 2 aromatic heterocycles. The molecule has 4 rings (SSSR count). The second-order valence-electron chi connectivity index (χ2n) is 7.13. The van der Waals surface area contributed by atoms with Gasteiger partial charge in [0.15, 0.2) is 0 Å². The lowest BCUT2D eigenvalue weighted by Gasteiger charge is -2.18. The summed E-state index contributed by atoms with van der Waals surface area (Å²) in [6, 6.07) is 14.5. The van der Waals surface area contributed by atoms with Crippen molar-refractivity contribution in [3.8, 4) is 0 Å². The Labute approximate surface area is 197 Å². The van der Waals surface area contributed by atoms with Crippen molar-refractivity contribution in [2.45, 2.75) is 24.1 Å². The van der Waals surface area contributed by atoms with E-state index in [0.717, 1.165) is 0 Å². The SMILES string of the molecule is Cc1nc(C(F)(F)F)cc2c1cc(C(O)c1c(Cl)[c]ccc1Cl)n2S(=O)(=O)c1ccccc1. The van der Waals surface area contributed by atoms with Gasteiger partial charge in [-0.3, -0.25) is 0 Å². The number of alkyl halides is 3. The van der Waals surface area contributed by atoms with Gasteiger partial charge in [-0.25, -0.2) is 17.4 Å². The van der Waals surface area contributed by atoms with Crippen LogP contribution >= 0.6 is 23.2 Å². The summed E-state index contributed by atoms with van der Waals surface area (Å²) in [6.07, 6.45) is -6.51. The first-order valence-corrected chi connectivity index (χ1v) is 11.6. The molecule has 1 unspecified atom stereocenters. The van der Waals surface area contributed by atoms with Gasteiger partial charge in [0, 0.05) is 27.7 Å². The number of benzene rings is 2. The van der Waals surface area contributed by atoms with Crippen LogP contribution in [0.2, 0.25) is 10.0 Å². The molecule has 0 spiro atoms. The van der Waals surface area contributed by atoms with E-state index >= 15 is 0 Å². The lowest BCUT2D eigenvalue weighted by molar-refractivity contribution is -0.141. The fourth-order valence-electron chi connectivity index (χ4n) is 3.52. The normalized spacial score (nSPS) is 13.4. The van der Waals surface area contributed by atoms with Crippen LogP contribution in [0.15, 0.2) is 59.5 Å². The van der Waals surface area contributed by atoms with Crippen molar-refractivity contribution in [2.75, 3.05) is 0 Å². The molecule has 0 aliphatic rings. The first kappa shape index (κ1) is 23.6. The van der Waals surface area contributed by atoms with Gasteiger partial charge < -0.3 is 5.11 Å². The largest absolute Gasteiger partial charge is 0.433 e. The number of nitrogens with zero attached hydrogens (tertiary/aromatic N) is 2. The minimum absolute atomic E-state index is 0.0326. The first-order valence-electron chi connectivity index (χ1n) is 9.37. The molecule has 4 aromatic rings. The minimum Gasteiger partial charge on any atom is -0.382 e. The van der Waals surface area contributed by atoms with Crippen molar-refractivity contribution in [1.82, 2.24) is 8.96 Å². The van der Waals surface area contributed by atoms with E-state index in [1.165, 1.54) is 49.4 Å². The van der Waals surface area contributed by atoms with Crippen LogP contribution in [0.4, 0.5) is 13.2 Å². The molecular formula is C22H14Cl2F3N2O3S. The summed E-state index contributed by atoms with van der Waals surface area (Å²) in [7, 11) is -4.45. The first-order chi connectivity index (χ1) is 15.4. The molecule has 0 fully saturated rings. The molecule has 0 amide bonds. The molecule has 0 aliphatic carbocycles.